The minimum absolute atomic E-state index is 0.907. The zero-order valence-corrected chi connectivity index (χ0v) is 68.7. The van der Waals surface area contributed by atoms with E-state index in [1.165, 1.54) is 75.4 Å². The SMILES string of the molecule is c1cc(-c2ccc3ccc4ccccc4c3n2)cc(-c2ccc3ccc4ccccc4c3n2)c1.c1ccc(-c2nc3ccccc3c3c2cc(-c2cc4ccccc4c4c2oc2cc5ccccc5cc24)c2ccccc23)cc1.c1ccc2c(c1)ccc1ccc(-c3cc(-c4ccc5ccc6ccccc6c5n4)cc(-c4ccc5ccc6ccccc6c5n4)c3)nc12. The van der Waals surface area contributed by atoms with E-state index in [1.807, 2.05) is 0 Å². The summed E-state index contributed by atoms with van der Waals surface area (Å²) in [5, 5.41) is 30.5. The van der Waals surface area contributed by atoms with Crippen LogP contribution < -0.4 is 0 Å². The van der Waals surface area contributed by atoms with Crippen molar-refractivity contribution in [2.75, 3.05) is 0 Å². The topological polar surface area (TPSA) is 90.5 Å². The molecule has 0 aliphatic rings. The molecule has 0 atom stereocenters. The van der Waals surface area contributed by atoms with Crippen LogP contribution in [0.1, 0.15) is 0 Å². The molecule has 0 saturated heterocycles. The van der Waals surface area contributed by atoms with Crippen molar-refractivity contribution in [3.8, 4) is 78.7 Å². The second-order valence-corrected chi connectivity index (χ2v) is 33.0. The van der Waals surface area contributed by atoms with Crippen molar-refractivity contribution in [1.82, 2.24) is 29.9 Å². The van der Waals surface area contributed by atoms with Crippen LogP contribution in [0.3, 0.4) is 0 Å². The normalized spacial score (nSPS) is 11.8. The molecule has 0 unspecified atom stereocenters. The Labute approximate surface area is 729 Å². The minimum atomic E-state index is 0.907. The number of nitrogens with zero attached hydrogens (tertiary/aromatic N) is 6. The van der Waals surface area contributed by atoms with E-state index in [1.54, 1.807) is 0 Å². The molecule has 588 valence electrons. The second-order valence-electron chi connectivity index (χ2n) is 33.0. The van der Waals surface area contributed by atoms with Crippen LogP contribution in [0.2, 0.25) is 0 Å². The molecule has 0 spiro atoms. The molecule has 27 aromatic rings. The maximum absolute atomic E-state index is 6.88. The number of rotatable bonds is 7. The van der Waals surface area contributed by atoms with E-state index in [-0.39, 0.29) is 0 Å². The van der Waals surface area contributed by atoms with Crippen LogP contribution in [0, 0.1) is 0 Å². The molecule has 7 nitrogen and oxygen atoms in total. The highest BCUT2D eigenvalue weighted by Crippen LogP contribution is 2.48. The third-order valence-corrected chi connectivity index (χ3v) is 25.6. The van der Waals surface area contributed by atoms with Gasteiger partial charge in [0.1, 0.15) is 11.2 Å². The maximum Gasteiger partial charge on any atom is 0.143 e. The first-order valence-corrected chi connectivity index (χ1v) is 43.2. The van der Waals surface area contributed by atoms with Gasteiger partial charge in [-0.25, -0.2) is 29.9 Å². The number of pyridine rings is 6. The molecule has 20 aromatic carbocycles. The molecule has 0 radical (unpaired) electrons. The number of benzene rings is 20. The van der Waals surface area contributed by atoms with Crippen LogP contribution in [0.5, 0.6) is 0 Å². The molecule has 127 heavy (non-hydrogen) atoms. The Kier molecular flexibility index (Phi) is 17.2. The average Bonchev–Trinajstić information content (AvgIpc) is 1.69. The van der Waals surface area contributed by atoms with Crippen LogP contribution in [-0.2, 0) is 0 Å². The van der Waals surface area contributed by atoms with Gasteiger partial charge < -0.3 is 4.42 Å². The largest absolute Gasteiger partial charge is 0.455 e. The summed E-state index contributed by atoms with van der Waals surface area (Å²) in [6.45, 7) is 0. The van der Waals surface area contributed by atoms with Crippen molar-refractivity contribution >= 4 is 184 Å². The summed E-state index contributed by atoms with van der Waals surface area (Å²) in [4.78, 5) is 31.3. The summed E-state index contributed by atoms with van der Waals surface area (Å²) in [5.74, 6) is 0. The third kappa shape index (κ3) is 12.7. The summed E-state index contributed by atoms with van der Waals surface area (Å²) in [7, 11) is 0. The monoisotopic (exact) mass is 1610 g/mol. The standard InChI is InChI=1S/C45H27N3.C43H25NO.C32H20N2/c1-4-10-37-28(7-1)13-16-31-19-22-40(46-43(31)37)34-25-35(41-23-20-32-17-14-29-8-2-5-11-38(29)44(32)47-41)27-36(26-34)42-24-21-33-18-15-30-9-3-6-12-39(30)45(33)48-42;1-2-12-26(13-3-1)42-37-25-34(31-18-8-9-19-32(31)40(37)33-20-10-11-21-38(33)44-42)35-23-29-16-6-7-17-30(29)41-36-22-27-14-4-5-15-28(27)24-39(36)45-43(35)41;1-3-10-27-21(6-1)12-14-23-16-18-29(33-31(23)27)25-8-5-9-26(20-25)30-19-17-24-15-13-22-7-2-4-11-28(22)32(24)34-30/h1-27H;1-25H;1-20H. The van der Waals surface area contributed by atoms with Gasteiger partial charge in [0.2, 0.25) is 0 Å². The van der Waals surface area contributed by atoms with Crippen LogP contribution in [-0.4, -0.2) is 29.9 Å². The molecule has 0 amide bonds. The Hall–Kier alpha value is -17.0. The number of fused-ring (bicyclic) bond motifs is 26. The maximum atomic E-state index is 6.88. The summed E-state index contributed by atoms with van der Waals surface area (Å²) < 4.78 is 6.88. The van der Waals surface area contributed by atoms with Crippen molar-refractivity contribution < 1.29 is 4.42 Å². The zero-order valence-electron chi connectivity index (χ0n) is 68.7. The molecule has 7 heterocycles. The number of hydrogen-bond acceptors (Lipinski definition) is 7. The third-order valence-electron chi connectivity index (χ3n) is 25.6. The molecule has 0 aliphatic heterocycles. The quantitative estimate of drug-likeness (QED) is 0.147. The molecule has 7 aromatic heterocycles. The van der Waals surface area contributed by atoms with Gasteiger partial charge in [-0.2, -0.15) is 0 Å². The lowest BCUT2D eigenvalue weighted by Gasteiger charge is -2.16. The first kappa shape index (κ1) is 72.8. The number of aromatic nitrogens is 6. The van der Waals surface area contributed by atoms with Crippen LogP contribution in [0.15, 0.2) is 441 Å². The minimum Gasteiger partial charge on any atom is -0.455 e. The number of furan rings is 1. The van der Waals surface area contributed by atoms with Gasteiger partial charge in [-0.3, -0.25) is 0 Å². The average molecular weight is 1610 g/mol. The Morgan fingerprint density at radius 2 is 0.480 bits per heavy atom. The van der Waals surface area contributed by atoms with Crippen LogP contribution in [0.25, 0.3) is 263 Å². The van der Waals surface area contributed by atoms with E-state index < -0.39 is 0 Å². The van der Waals surface area contributed by atoms with E-state index in [4.69, 9.17) is 34.3 Å². The second kappa shape index (κ2) is 30.0. The molecule has 0 N–H and O–H groups in total. The van der Waals surface area contributed by atoms with Gasteiger partial charge in [-0.1, -0.05) is 352 Å². The van der Waals surface area contributed by atoms with Crippen molar-refractivity contribution in [1.29, 1.82) is 0 Å². The molecule has 0 saturated carbocycles. The van der Waals surface area contributed by atoms with E-state index in [0.717, 1.165) is 188 Å². The summed E-state index contributed by atoms with van der Waals surface area (Å²) in [6.07, 6.45) is 0. The lowest BCUT2D eigenvalue weighted by Crippen LogP contribution is -1.93. The van der Waals surface area contributed by atoms with Gasteiger partial charge in [0, 0.05) is 120 Å². The fourth-order valence-electron chi connectivity index (χ4n) is 19.4. The van der Waals surface area contributed by atoms with Crippen molar-refractivity contribution in [2.45, 2.75) is 0 Å². The fourth-order valence-corrected chi connectivity index (χ4v) is 19.4. The smallest absolute Gasteiger partial charge is 0.143 e. The van der Waals surface area contributed by atoms with Gasteiger partial charge in [0.25, 0.3) is 0 Å². The number of hydrogen-bond donors (Lipinski definition) is 0. The van der Waals surface area contributed by atoms with Gasteiger partial charge in [0.05, 0.1) is 67.3 Å². The lowest BCUT2D eigenvalue weighted by molar-refractivity contribution is 0.671. The van der Waals surface area contributed by atoms with Crippen molar-refractivity contribution in [2.24, 2.45) is 0 Å². The van der Waals surface area contributed by atoms with E-state index in [2.05, 4.69) is 437 Å². The summed E-state index contributed by atoms with van der Waals surface area (Å²) in [6, 6.07) is 155. The predicted octanol–water partition coefficient (Wildman–Crippen LogP) is 32.3. The molecule has 0 fully saturated rings. The molecule has 0 aliphatic carbocycles. The molecular formula is C120H72N6O. The first-order chi connectivity index (χ1) is 62.9. The molecule has 0 bridgehead atoms. The van der Waals surface area contributed by atoms with E-state index in [9.17, 15) is 0 Å². The fraction of sp³-hybridized carbons (Fsp3) is 0. The Morgan fingerprint density at radius 1 is 0.157 bits per heavy atom. The summed E-state index contributed by atoms with van der Waals surface area (Å²) in [5.41, 5.74) is 22.2. The molecule has 27 rings (SSSR count). The van der Waals surface area contributed by atoms with E-state index >= 15 is 0 Å². The highest BCUT2D eigenvalue weighted by Gasteiger charge is 2.24. The van der Waals surface area contributed by atoms with Gasteiger partial charge in [0.15, 0.2) is 0 Å². The highest BCUT2D eigenvalue weighted by atomic mass is 16.3. The van der Waals surface area contributed by atoms with Gasteiger partial charge >= 0.3 is 0 Å². The predicted molar refractivity (Wildman–Crippen MR) is 534 cm³/mol. The van der Waals surface area contributed by atoms with Gasteiger partial charge in [-0.05, 0) is 150 Å². The lowest BCUT2D eigenvalue weighted by atomic mass is 9.88. The van der Waals surface area contributed by atoms with Crippen molar-refractivity contribution in [3.63, 3.8) is 0 Å². The Bertz CT molecular complexity index is 8800. The van der Waals surface area contributed by atoms with Crippen LogP contribution in [0.4, 0.5) is 0 Å². The summed E-state index contributed by atoms with van der Waals surface area (Å²) >= 11 is 0. The molecular weight excluding hydrogens is 1540 g/mol. The highest BCUT2D eigenvalue weighted by molar-refractivity contribution is 6.29. The molecule has 7 heteroatoms. The zero-order chi connectivity index (χ0) is 83.6. The number of para-hydroxylation sites is 1. The van der Waals surface area contributed by atoms with E-state index in [0.29, 0.717) is 0 Å². The Balaban J connectivity index is 0.000000105. The van der Waals surface area contributed by atoms with Crippen molar-refractivity contribution in [3.05, 3.63) is 437 Å². The van der Waals surface area contributed by atoms with Gasteiger partial charge in [-0.15, -0.1) is 0 Å². The first-order valence-electron chi connectivity index (χ1n) is 43.2. The Morgan fingerprint density at radius 3 is 0.921 bits per heavy atom. The van der Waals surface area contributed by atoms with Crippen LogP contribution >= 0.6 is 0 Å².